The first kappa shape index (κ1) is 11.1. The first-order chi connectivity index (χ1) is 7.67. The van der Waals surface area contributed by atoms with Gasteiger partial charge in [-0.25, -0.2) is 4.39 Å². The van der Waals surface area contributed by atoms with E-state index < -0.39 is 17.2 Å². The Labute approximate surface area is 93.3 Å². The zero-order valence-corrected chi connectivity index (χ0v) is 8.87. The van der Waals surface area contributed by atoms with Crippen molar-refractivity contribution in [3.05, 3.63) is 35.6 Å². The fourth-order valence-electron chi connectivity index (χ4n) is 2.28. The van der Waals surface area contributed by atoms with E-state index in [9.17, 15) is 14.3 Å². The van der Waals surface area contributed by atoms with E-state index in [1.165, 1.54) is 6.07 Å². The molecule has 1 fully saturated rings. The zero-order chi connectivity index (χ0) is 11.6. The SMILES string of the molecule is O=C(O)C1(c2ccccc2F)CCCNC1. The predicted molar refractivity (Wildman–Crippen MR) is 57.8 cm³/mol. The number of carbonyl (C=O) groups is 1. The van der Waals surface area contributed by atoms with E-state index in [-0.39, 0.29) is 5.56 Å². The fourth-order valence-corrected chi connectivity index (χ4v) is 2.28. The molecular weight excluding hydrogens is 209 g/mol. The minimum atomic E-state index is -1.11. The topological polar surface area (TPSA) is 49.3 Å². The summed E-state index contributed by atoms with van der Waals surface area (Å²) < 4.78 is 13.7. The van der Waals surface area contributed by atoms with Crippen LogP contribution in [-0.2, 0) is 10.2 Å². The monoisotopic (exact) mass is 223 g/mol. The second-order valence-electron chi connectivity index (χ2n) is 4.15. The van der Waals surface area contributed by atoms with Crippen LogP contribution in [0.1, 0.15) is 18.4 Å². The first-order valence-electron chi connectivity index (χ1n) is 5.36. The van der Waals surface area contributed by atoms with Crippen LogP contribution < -0.4 is 5.32 Å². The Hall–Kier alpha value is -1.42. The average Bonchev–Trinajstić information content (AvgIpc) is 2.30. The molecule has 1 aromatic rings. The number of benzene rings is 1. The second kappa shape index (κ2) is 4.22. The maximum atomic E-state index is 13.7. The van der Waals surface area contributed by atoms with Gasteiger partial charge in [0.25, 0.3) is 0 Å². The number of halogens is 1. The third-order valence-corrected chi connectivity index (χ3v) is 3.18. The van der Waals surface area contributed by atoms with Crippen LogP contribution in [0, 0.1) is 5.82 Å². The molecule has 1 heterocycles. The average molecular weight is 223 g/mol. The van der Waals surface area contributed by atoms with Crippen molar-refractivity contribution in [2.45, 2.75) is 18.3 Å². The number of hydrogen-bond acceptors (Lipinski definition) is 2. The standard InChI is InChI=1S/C12H14FNO2/c13-10-5-2-1-4-9(10)12(11(15)16)6-3-7-14-8-12/h1-2,4-5,14H,3,6-8H2,(H,15,16). The minimum absolute atomic E-state index is 0.287. The van der Waals surface area contributed by atoms with Gasteiger partial charge in [0.1, 0.15) is 11.2 Å². The van der Waals surface area contributed by atoms with Gasteiger partial charge in [-0.2, -0.15) is 0 Å². The number of rotatable bonds is 2. The van der Waals surface area contributed by atoms with Crippen molar-refractivity contribution in [2.24, 2.45) is 0 Å². The predicted octanol–water partition coefficient (Wildman–Crippen LogP) is 1.53. The van der Waals surface area contributed by atoms with Gasteiger partial charge in [-0.15, -0.1) is 0 Å². The molecule has 1 aliphatic heterocycles. The van der Waals surface area contributed by atoms with Crippen LogP contribution in [-0.4, -0.2) is 24.2 Å². The van der Waals surface area contributed by atoms with Crippen molar-refractivity contribution in [1.82, 2.24) is 5.32 Å². The van der Waals surface area contributed by atoms with E-state index >= 15 is 0 Å². The summed E-state index contributed by atoms with van der Waals surface area (Å²) in [6.07, 6.45) is 1.23. The van der Waals surface area contributed by atoms with Gasteiger partial charge < -0.3 is 10.4 Å². The highest BCUT2D eigenvalue weighted by Crippen LogP contribution is 2.33. The summed E-state index contributed by atoms with van der Waals surface area (Å²) >= 11 is 0. The summed E-state index contributed by atoms with van der Waals surface area (Å²) in [7, 11) is 0. The Bertz CT molecular complexity index is 400. The van der Waals surface area contributed by atoms with Gasteiger partial charge in [0.15, 0.2) is 0 Å². The van der Waals surface area contributed by atoms with E-state index in [0.29, 0.717) is 13.0 Å². The summed E-state index contributed by atoms with van der Waals surface area (Å²) in [5.74, 6) is -1.39. The van der Waals surface area contributed by atoms with Gasteiger partial charge >= 0.3 is 5.97 Å². The Morgan fingerprint density at radius 2 is 2.19 bits per heavy atom. The molecule has 0 bridgehead atoms. The zero-order valence-electron chi connectivity index (χ0n) is 8.87. The minimum Gasteiger partial charge on any atom is -0.481 e. The Kier molecular flexibility index (Phi) is 2.92. The molecule has 2 N–H and O–H groups in total. The number of hydrogen-bond donors (Lipinski definition) is 2. The first-order valence-corrected chi connectivity index (χ1v) is 5.36. The third-order valence-electron chi connectivity index (χ3n) is 3.18. The summed E-state index contributed by atoms with van der Waals surface area (Å²) in [6, 6.07) is 6.13. The van der Waals surface area contributed by atoms with Crippen molar-refractivity contribution in [2.75, 3.05) is 13.1 Å². The molecule has 0 saturated carbocycles. The van der Waals surface area contributed by atoms with Crippen molar-refractivity contribution in [3.8, 4) is 0 Å². The summed E-state index contributed by atoms with van der Waals surface area (Å²) in [4.78, 5) is 11.4. The van der Waals surface area contributed by atoms with Gasteiger partial charge in [0, 0.05) is 12.1 Å². The molecule has 0 aromatic heterocycles. The summed E-state index contributed by atoms with van der Waals surface area (Å²) in [6.45, 7) is 1.09. The molecule has 0 amide bonds. The van der Waals surface area contributed by atoms with E-state index in [0.717, 1.165) is 13.0 Å². The van der Waals surface area contributed by atoms with E-state index in [4.69, 9.17) is 0 Å². The number of carboxylic acid groups (broad SMARTS) is 1. The molecule has 16 heavy (non-hydrogen) atoms. The molecule has 3 nitrogen and oxygen atoms in total. The van der Waals surface area contributed by atoms with Crippen molar-refractivity contribution < 1.29 is 14.3 Å². The Balaban J connectivity index is 2.47. The molecule has 1 aromatic carbocycles. The molecule has 0 aliphatic carbocycles. The molecule has 1 unspecified atom stereocenters. The van der Waals surface area contributed by atoms with Crippen LogP contribution in [0.5, 0.6) is 0 Å². The summed E-state index contributed by atoms with van der Waals surface area (Å²) in [5.41, 5.74) is -0.821. The second-order valence-corrected chi connectivity index (χ2v) is 4.15. The Morgan fingerprint density at radius 3 is 2.75 bits per heavy atom. The number of nitrogens with one attached hydrogen (secondary N) is 1. The lowest BCUT2D eigenvalue weighted by Gasteiger charge is -2.34. The van der Waals surface area contributed by atoms with Crippen LogP contribution in [0.2, 0.25) is 0 Å². The van der Waals surface area contributed by atoms with Crippen LogP contribution in [0.15, 0.2) is 24.3 Å². The number of piperidine rings is 1. The van der Waals surface area contributed by atoms with Gasteiger partial charge in [-0.3, -0.25) is 4.79 Å². The highest BCUT2D eigenvalue weighted by Gasteiger charge is 2.43. The van der Waals surface area contributed by atoms with Crippen molar-refractivity contribution >= 4 is 5.97 Å². The molecule has 86 valence electrons. The maximum Gasteiger partial charge on any atom is 0.315 e. The fraction of sp³-hybridized carbons (Fsp3) is 0.417. The van der Waals surface area contributed by atoms with Crippen LogP contribution in [0.25, 0.3) is 0 Å². The molecule has 1 aliphatic rings. The number of carboxylic acids is 1. The maximum absolute atomic E-state index is 13.7. The smallest absolute Gasteiger partial charge is 0.315 e. The van der Waals surface area contributed by atoms with Crippen molar-refractivity contribution in [1.29, 1.82) is 0 Å². The third kappa shape index (κ3) is 1.69. The van der Waals surface area contributed by atoms with Crippen LogP contribution >= 0.6 is 0 Å². The lowest BCUT2D eigenvalue weighted by Crippen LogP contribution is -2.49. The molecular formula is C12H14FNO2. The molecule has 0 radical (unpaired) electrons. The lowest BCUT2D eigenvalue weighted by molar-refractivity contribution is -0.144. The summed E-state index contributed by atoms with van der Waals surface area (Å²) in [5, 5.41) is 12.4. The van der Waals surface area contributed by atoms with Crippen LogP contribution in [0.4, 0.5) is 4.39 Å². The highest BCUT2D eigenvalue weighted by molar-refractivity contribution is 5.82. The number of aliphatic carboxylic acids is 1. The van der Waals surface area contributed by atoms with Gasteiger partial charge in [-0.05, 0) is 25.5 Å². The van der Waals surface area contributed by atoms with Crippen molar-refractivity contribution in [3.63, 3.8) is 0 Å². The highest BCUT2D eigenvalue weighted by atomic mass is 19.1. The normalized spacial score (nSPS) is 25.3. The van der Waals surface area contributed by atoms with Crippen LogP contribution in [0.3, 0.4) is 0 Å². The molecule has 1 saturated heterocycles. The molecule has 1 atom stereocenters. The van der Waals surface area contributed by atoms with E-state index in [2.05, 4.69) is 5.32 Å². The largest absolute Gasteiger partial charge is 0.481 e. The molecule has 2 rings (SSSR count). The van der Waals surface area contributed by atoms with Gasteiger partial charge in [0.2, 0.25) is 0 Å². The quantitative estimate of drug-likeness (QED) is 0.799. The molecule has 0 spiro atoms. The lowest BCUT2D eigenvalue weighted by atomic mass is 9.74. The van der Waals surface area contributed by atoms with E-state index in [1.54, 1.807) is 18.2 Å². The van der Waals surface area contributed by atoms with E-state index in [1.807, 2.05) is 0 Å². The van der Waals surface area contributed by atoms with Gasteiger partial charge in [-0.1, -0.05) is 18.2 Å². The molecule has 4 heteroatoms. The van der Waals surface area contributed by atoms with Gasteiger partial charge in [0.05, 0.1) is 0 Å². The Morgan fingerprint density at radius 1 is 1.44 bits per heavy atom.